The van der Waals surface area contributed by atoms with Crippen LogP contribution in [-0.4, -0.2) is 62.0 Å². The lowest BCUT2D eigenvalue weighted by Gasteiger charge is -2.28. The van der Waals surface area contributed by atoms with Gasteiger partial charge in [0, 0.05) is 39.3 Å². The summed E-state index contributed by atoms with van der Waals surface area (Å²) in [7, 11) is 0. The number of hydrogen-bond donors (Lipinski definition) is 2. The SMILES string of the molecule is CCOC[C@H](O)CN1CCNCC1. The molecule has 1 heterocycles. The maximum Gasteiger partial charge on any atom is 0.0900 e. The highest BCUT2D eigenvalue weighted by Crippen LogP contribution is 1.95. The second-order valence-corrected chi connectivity index (χ2v) is 3.36. The highest BCUT2D eigenvalue weighted by atomic mass is 16.5. The van der Waals surface area contributed by atoms with E-state index in [9.17, 15) is 5.11 Å². The van der Waals surface area contributed by atoms with Crippen molar-refractivity contribution < 1.29 is 9.84 Å². The summed E-state index contributed by atoms with van der Waals surface area (Å²) in [5, 5.41) is 12.8. The van der Waals surface area contributed by atoms with Crippen LogP contribution in [0.4, 0.5) is 0 Å². The molecule has 0 aromatic rings. The van der Waals surface area contributed by atoms with Gasteiger partial charge in [0.05, 0.1) is 12.7 Å². The Balaban J connectivity index is 2.07. The molecule has 0 radical (unpaired) electrons. The largest absolute Gasteiger partial charge is 0.389 e. The molecule has 0 amide bonds. The summed E-state index contributed by atoms with van der Waals surface area (Å²) in [6.07, 6.45) is -0.335. The number of nitrogens with zero attached hydrogens (tertiary/aromatic N) is 1. The van der Waals surface area contributed by atoms with E-state index in [4.69, 9.17) is 4.74 Å². The van der Waals surface area contributed by atoms with Gasteiger partial charge < -0.3 is 15.2 Å². The van der Waals surface area contributed by atoms with Gasteiger partial charge in [0.15, 0.2) is 0 Å². The zero-order valence-corrected chi connectivity index (χ0v) is 8.33. The van der Waals surface area contributed by atoms with E-state index >= 15 is 0 Å². The minimum Gasteiger partial charge on any atom is -0.389 e. The number of ether oxygens (including phenoxy) is 1. The second kappa shape index (κ2) is 6.32. The number of piperazine rings is 1. The third kappa shape index (κ3) is 4.57. The zero-order chi connectivity index (χ0) is 9.52. The van der Waals surface area contributed by atoms with E-state index in [1.54, 1.807) is 0 Å². The first-order valence-electron chi connectivity index (χ1n) is 5.01. The summed E-state index contributed by atoms with van der Waals surface area (Å²) in [6, 6.07) is 0. The van der Waals surface area contributed by atoms with Crippen molar-refractivity contribution in [2.45, 2.75) is 13.0 Å². The van der Waals surface area contributed by atoms with Crippen LogP contribution in [0.15, 0.2) is 0 Å². The molecule has 0 spiro atoms. The maximum atomic E-state index is 9.55. The standard InChI is InChI=1S/C9H20N2O2/c1-2-13-8-9(12)7-11-5-3-10-4-6-11/h9-10,12H,2-8H2,1H3/t9-/m1/s1. The first kappa shape index (κ1) is 10.9. The van der Waals surface area contributed by atoms with Crippen LogP contribution >= 0.6 is 0 Å². The lowest BCUT2D eigenvalue weighted by atomic mass is 10.3. The van der Waals surface area contributed by atoms with Crippen LogP contribution < -0.4 is 5.32 Å². The molecule has 0 saturated carbocycles. The molecule has 4 heteroatoms. The third-order valence-electron chi connectivity index (χ3n) is 2.19. The van der Waals surface area contributed by atoms with E-state index < -0.39 is 0 Å². The minimum absolute atomic E-state index is 0.335. The molecule has 1 saturated heterocycles. The summed E-state index contributed by atoms with van der Waals surface area (Å²) in [5.74, 6) is 0. The molecule has 1 atom stereocenters. The Morgan fingerprint density at radius 3 is 2.77 bits per heavy atom. The number of nitrogens with one attached hydrogen (secondary N) is 1. The van der Waals surface area contributed by atoms with Gasteiger partial charge in [-0.25, -0.2) is 0 Å². The summed E-state index contributed by atoms with van der Waals surface area (Å²) in [4.78, 5) is 2.26. The highest BCUT2D eigenvalue weighted by molar-refractivity contribution is 4.70. The number of aliphatic hydroxyl groups is 1. The first-order valence-corrected chi connectivity index (χ1v) is 5.01. The number of rotatable bonds is 5. The van der Waals surface area contributed by atoms with Crippen LogP contribution in [0, 0.1) is 0 Å². The molecule has 2 N–H and O–H groups in total. The fraction of sp³-hybridized carbons (Fsp3) is 1.00. The van der Waals surface area contributed by atoms with Crippen molar-refractivity contribution in [3.8, 4) is 0 Å². The van der Waals surface area contributed by atoms with Gasteiger partial charge in [-0.05, 0) is 6.92 Å². The van der Waals surface area contributed by atoms with Gasteiger partial charge in [-0.1, -0.05) is 0 Å². The Morgan fingerprint density at radius 1 is 1.46 bits per heavy atom. The molecule has 4 nitrogen and oxygen atoms in total. The number of β-amino-alcohol motifs (C(OH)–C–C–N with tert-alkyl or cyclic N) is 1. The number of aliphatic hydroxyl groups excluding tert-OH is 1. The molecule has 0 aliphatic carbocycles. The van der Waals surface area contributed by atoms with Gasteiger partial charge in [-0.3, -0.25) is 4.90 Å². The molecule has 78 valence electrons. The molecule has 1 rings (SSSR count). The molecule has 1 fully saturated rings. The van der Waals surface area contributed by atoms with Crippen LogP contribution in [0.5, 0.6) is 0 Å². The average molecular weight is 188 g/mol. The van der Waals surface area contributed by atoms with Gasteiger partial charge in [0.1, 0.15) is 0 Å². The predicted octanol–water partition coefficient (Wildman–Crippen LogP) is -0.711. The van der Waals surface area contributed by atoms with Crippen molar-refractivity contribution in [1.29, 1.82) is 0 Å². The molecule has 1 aliphatic heterocycles. The van der Waals surface area contributed by atoms with Crippen LogP contribution in [0.2, 0.25) is 0 Å². The summed E-state index contributed by atoms with van der Waals surface area (Å²) in [6.45, 7) is 7.94. The highest BCUT2D eigenvalue weighted by Gasteiger charge is 2.13. The number of hydrogen-bond acceptors (Lipinski definition) is 4. The molecule has 1 aliphatic rings. The van der Waals surface area contributed by atoms with Crippen LogP contribution in [0.25, 0.3) is 0 Å². The summed E-state index contributed by atoms with van der Waals surface area (Å²) >= 11 is 0. The van der Waals surface area contributed by atoms with Crippen molar-refractivity contribution in [2.75, 3.05) is 45.9 Å². The third-order valence-corrected chi connectivity index (χ3v) is 2.19. The molecule has 0 aromatic carbocycles. The Morgan fingerprint density at radius 2 is 2.15 bits per heavy atom. The molecular formula is C9H20N2O2. The normalized spacial score (nSPS) is 21.7. The van der Waals surface area contributed by atoms with Crippen LogP contribution in [0.3, 0.4) is 0 Å². The second-order valence-electron chi connectivity index (χ2n) is 3.36. The molecule has 13 heavy (non-hydrogen) atoms. The summed E-state index contributed by atoms with van der Waals surface area (Å²) in [5.41, 5.74) is 0. The molecule has 0 aromatic heterocycles. The van der Waals surface area contributed by atoms with Crippen molar-refractivity contribution >= 4 is 0 Å². The van der Waals surface area contributed by atoms with Gasteiger partial charge in [-0.15, -0.1) is 0 Å². The first-order chi connectivity index (χ1) is 6.33. The van der Waals surface area contributed by atoms with E-state index in [-0.39, 0.29) is 6.10 Å². The quantitative estimate of drug-likeness (QED) is 0.598. The predicted molar refractivity (Wildman–Crippen MR) is 51.8 cm³/mol. The zero-order valence-electron chi connectivity index (χ0n) is 8.33. The lowest BCUT2D eigenvalue weighted by Crippen LogP contribution is -2.47. The van der Waals surface area contributed by atoms with Gasteiger partial charge in [0.25, 0.3) is 0 Å². The van der Waals surface area contributed by atoms with Crippen molar-refractivity contribution in [3.63, 3.8) is 0 Å². The van der Waals surface area contributed by atoms with E-state index in [2.05, 4.69) is 10.2 Å². The van der Waals surface area contributed by atoms with Gasteiger partial charge in [-0.2, -0.15) is 0 Å². The van der Waals surface area contributed by atoms with Crippen LogP contribution in [0.1, 0.15) is 6.92 Å². The van der Waals surface area contributed by atoms with E-state index in [0.29, 0.717) is 13.2 Å². The Kier molecular flexibility index (Phi) is 5.31. The Bertz CT molecular complexity index is 127. The van der Waals surface area contributed by atoms with E-state index in [0.717, 1.165) is 32.7 Å². The van der Waals surface area contributed by atoms with Gasteiger partial charge in [0.2, 0.25) is 0 Å². The fourth-order valence-corrected chi connectivity index (χ4v) is 1.50. The monoisotopic (exact) mass is 188 g/mol. The van der Waals surface area contributed by atoms with Crippen LogP contribution in [-0.2, 0) is 4.74 Å². The molecular weight excluding hydrogens is 168 g/mol. The molecule has 0 unspecified atom stereocenters. The van der Waals surface area contributed by atoms with E-state index in [1.807, 2.05) is 6.92 Å². The summed E-state index contributed by atoms with van der Waals surface area (Å²) < 4.78 is 5.14. The van der Waals surface area contributed by atoms with Gasteiger partial charge >= 0.3 is 0 Å². The minimum atomic E-state index is -0.335. The van der Waals surface area contributed by atoms with Crippen molar-refractivity contribution in [1.82, 2.24) is 10.2 Å². The van der Waals surface area contributed by atoms with Crippen molar-refractivity contribution in [2.24, 2.45) is 0 Å². The smallest absolute Gasteiger partial charge is 0.0900 e. The molecule has 0 bridgehead atoms. The lowest BCUT2D eigenvalue weighted by molar-refractivity contribution is 0.0191. The Labute approximate surface area is 79.9 Å². The Hall–Kier alpha value is -0.160. The topological polar surface area (TPSA) is 44.7 Å². The maximum absolute atomic E-state index is 9.55. The fourth-order valence-electron chi connectivity index (χ4n) is 1.50. The van der Waals surface area contributed by atoms with E-state index in [1.165, 1.54) is 0 Å². The average Bonchev–Trinajstić information content (AvgIpc) is 2.16. The van der Waals surface area contributed by atoms with Crippen molar-refractivity contribution in [3.05, 3.63) is 0 Å².